The Hall–Kier alpha value is -1.88. The average molecular weight is 344 g/mol. The second-order valence-corrected chi connectivity index (χ2v) is 8.26. The summed E-state index contributed by atoms with van der Waals surface area (Å²) in [7, 11) is 0. The van der Waals surface area contributed by atoms with Crippen molar-refractivity contribution in [3.05, 3.63) is 41.0 Å². The highest BCUT2D eigenvalue weighted by Gasteiger charge is 2.41. The van der Waals surface area contributed by atoms with E-state index in [-0.39, 0.29) is 11.6 Å². The first kappa shape index (κ1) is 17.0. The smallest absolute Gasteiger partial charge is 0.408 e. The summed E-state index contributed by atoms with van der Waals surface area (Å²) >= 11 is 1.65. The summed E-state index contributed by atoms with van der Waals surface area (Å²) in [5.74, 6) is 0. The van der Waals surface area contributed by atoms with E-state index in [0.717, 1.165) is 30.5 Å². The minimum Gasteiger partial charge on any atom is -0.444 e. The van der Waals surface area contributed by atoms with Crippen molar-refractivity contribution in [1.29, 1.82) is 0 Å². The van der Waals surface area contributed by atoms with Crippen molar-refractivity contribution in [2.24, 2.45) is 0 Å². The summed E-state index contributed by atoms with van der Waals surface area (Å²) < 4.78 is 5.43. The van der Waals surface area contributed by atoms with E-state index in [9.17, 15) is 4.79 Å². The van der Waals surface area contributed by atoms with Gasteiger partial charge in [0, 0.05) is 0 Å². The number of nitrogens with one attached hydrogen (secondary N) is 1. The molecule has 1 aromatic heterocycles. The van der Waals surface area contributed by atoms with E-state index in [0.29, 0.717) is 0 Å². The second-order valence-electron chi connectivity index (χ2n) is 7.41. The standard InChI is InChI=1S/C19H24N2O2S/c1-13-16(24-12-20-13)14-6-8-15(9-7-14)19(10-5-11-19)21-17(22)23-18(2,3)4/h6-9,12H,5,10-11H2,1-4H3,(H,21,22). The Labute approximate surface area is 147 Å². The van der Waals surface area contributed by atoms with E-state index in [4.69, 9.17) is 4.74 Å². The Kier molecular flexibility index (Phi) is 4.38. The van der Waals surface area contributed by atoms with Gasteiger partial charge < -0.3 is 10.1 Å². The lowest BCUT2D eigenvalue weighted by Gasteiger charge is -2.43. The number of ether oxygens (including phenoxy) is 1. The molecule has 2 aromatic rings. The van der Waals surface area contributed by atoms with Crippen molar-refractivity contribution < 1.29 is 9.53 Å². The normalized spacial score (nSPS) is 16.3. The van der Waals surface area contributed by atoms with Crippen molar-refractivity contribution in [2.75, 3.05) is 0 Å². The molecule has 0 unspecified atom stereocenters. The molecule has 5 heteroatoms. The number of aromatic nitrogens is 1. The molecule has 1 aromatic carbocycles. The zero-order chi connectivity index (χ0) is 17.4. The van der Waals surface area contributed by atoms with Gasteiger partial charge >= 0.3 is 6.09 Å². The van der Waals surface area contributed by atoms with Gasteiger partial charge in [-0.2, -0.15) is 0 Å². The largest absolute Gasteiger partial charge is 0.444 e. The minimum absolute atomic E-state index is 0.288. The molecule has 0 atom stereocenters. The molecule has 24 heavy (non-hydrogen) atoms. The van der Waals surface area contributed by atoms with Crippen LogP contribution in [0.2, 0.25) is 0 Å². The van der Waals surface area contributed by atoms with E-state index in [1.54, 1.807) is 11.3 Å². The Morgan fingerprint density at radius 1 is 1.25 bits per heavy atom. The predicted octanol–water partition coefficient (Wildman–Crippen LogP) is 5.02. The third-order valence-corrected chi connectivity index (χ3v) is 5.37. The van der Waals surface area contributed by atoms with Gasteiger partial charge in [0.05, 0.1) is 21.6 Å². The van der Waals surface area contributed by atoms with E-state index in [1.165, 1.54) is 10.4 Å². The van der Waals surface area contributed by atoms with Gasteiger partial charge in [0.1, 0.15) is 5.60 Å². The van der Waals surface area contributed by atoms with Crippen LogP contribution >= 0.6 is 11.3 Å². The number of hydrogen-bond donors (Lipinski definition) is 1. The molecule has 128 valence electrons. The van der Waals surface area contributed by atoms with E-state index < -0.39 is 5.60 Å². The highest BCUT2D eigenvalue weighted by molar-refractivity contribution is 7.13. The van der Waals surface area contributed by atoms with Crippen LogP contribution in [0.5, 0.6) is 0 Å². The molecule has 1 N–H and O–H groups in total. The molecule has 1 aliphatic rings. The lowest BCUT2D eigenvalue weighted by molar-refractivity contribution is 0.0377. The first-order chi connectivity index (χ1) is 11.3. The first-order valence-electron chi connectivity index (χ1n) is 8.31. The lowest BCUT2D eigenvalue weighted by atomic mass is 9.72. The third-order valence-electron chi connectivity index (χ3n) is 4.39. The number of carbonyl (C=O) groups excluding carboxylic acids is 1. The lowest BCUT2D eigenvalue weighted by Crippen LogP contribution is -2.52. The average Bonchev–Trinajstić information content (AvgIpc) is 2.87. The maximum absolute atomic E-state index is 12.2. The molecule has 0 bridgehead atoms. The summed E-state index contributed by atoms with van der Waals surface area (Å²) in [6.45, 7) is 7.67. The zero-order valence-electron chi connectivity index (χ0n) is 14.7. The second kappa shape index (κ2) is 6.20. The number of hydrogen-bond acceptors (Lipinski definition) is 4. The molecule has 1 fully saturated rings. The van der Waals surface area contributed by atoms with Crippen molar-refractivity contribution >= 4 is 17.4 Å². The van der Waals surface area contributed by atoms with Gasteiger partial charge in [0.15, 0.2) is 0 Å². The number of benzene rings is 1. The van der Waals surface area contributed by atoms with Crippen molar-refractivity contribution in [2.45, 2.75) is 58.1 Å². The molecular weight excluding hydrogens is 320 g/mol. The molecular formula is C19H24N2O2S. The van der Waals surface area contributed by atoms with E-state index in [1.807, 2.05) is 33.2 Å². The molecule has 0 aliphatic heterocycles. The molecule has 0 saturated heterocycles. The van der Waals surface area contributed by atoms with E-state index in [2.05, 4.69) is 34.6 Å². The highest BCUT2D eigenvalue weighted by Crippen LogP contribution is 2.42. The molecule has 1 amide bonds. The van der Waals surface area contributed by atoms with Gasteiger partial charge in [-0.3, -0.25) is 0 Å². The van der Waals surface area contributed by atoms with Gasteiger partial charge in [0.25, 0.3) is 0 Å². The molecule has 1 heterocycles. The molecule has 4 nitrogen and oxygen atoms in total. The number of amides is 1. The van der Waals surface area contributed by atoms with Crippen molar-refractivity contribution in [1.82, 2.24) is 10.3 Å². The summed E-state index contributed by atoms with van der Waals surface area (Å²) in [6, 6.07) is 8.47. The van der Waals surface area contributed by atoms with Crippen LogP contribution in [0.3, 0.4) is 0 Å². The summed E-state index contributed by atoms with van der Waals surface area (Å²) in [5.41, 5.74) is 4.47. The Bertz CT molecular complexity index is 725. The number of rotatable bonds is 3. The topological polar surface area (TPSA) is 51.2 Å². The van der Waals surface area contributed by atoms with Crippen LogP contribution in [0.4, 0.5) is 4.79 Å². The fourth-order valence-electron chi connectivity index (χ4n) is 3.03. The van der Waals surface area contributed by atoms with Gasteiger partial charge in [-0.15, -0.1) is 11.3 Å². The van der Waals surface area contributed by atoms with Crippen LogP contribution < -0.4 is 5.32 Å². The summed E-state index contributed by atoms with van der Waals surface area (Å²) in [6.07, 6.45) is 2.67. The van der Waals surface area contributed by atoms with Crippen LogP contribution in [-0.4, -0.2) is 16.7 Å². The first-order valence-corrected chi connectivity index (χ1v) is 9.19. The number of alkyl carbamates (subject to hydrolysis) is 1. The maximum atomic E-state index is 12.2. The Balaban J connectivity index is 1.78. The zero-order valence-corrected chi connectivity index (χ0v) is 15.5. The number of nitrogens with zero attached hydrogens (tertiary/aromatic N) is 1. The van der Waals surface area contributed by atoms with Crippen molar-refractivity contribution in [3.8, 4) is 10.4 Å². The van der Waals surface area contributed by atoms with Gasteiger partial charge in [0.2, 0.25) is 0 Å². The van der Waals surface area contributed by atoms with Crippen LogP contribution in [0.1, 0.15) is 51.3 Å². The SMILES string of the molecule is Cc1ncsc1-c1ccc(C2(NC(=O)OC(C)(C)C)CCC2)cc1. The molecule has 0 radical (unpaired) electrons. The molecule has 1 aliphatic carbocycles. The van der Waals surface area contributed by atoms with Crippen molar-refractivity contribution in [3.63, 3.8) is 0 Å². The van der Waals surface area contributed by atoms with E-state index >= 15 is 0 Å². The number of carbonyl (C=O) groups is 1. The van der Waals surface area contributed by atoms with Gasteiger partial charge in [-0.1, -0.05) is 24.3 Å². The van der Waals surface area contributed by atoms with Crippen LogP contribution in [-0.2, 0) is 10.3 Å². The molecule has 1 saturated carbocycles. The van der Waals surface area contributed by atoms with Crippen LogP contribution in [0.15, 0.2) is 29.8 Å². The minimum atomic E-state index is -0.484. The van der Waals surface area contributed by atoms with Crippen LogP contribution in [0.25, 0.3) is 10.4 Å². The fourth-order valence-corrected chi connectivity index (χ4v) is 3.85. The van der Waals surface area contributed by atoms with Crippen LogP contribution in [0, 0.1) is 6.92 Å². The van der Waals surface area contributed by atoms with Gasteiger partial charge in [-0.25, -0.2) is 9.78 Å². The van der Waals surface area contributed by atoms with Gasteiger partial charge in [-0.05, 0) is 58.1 Å². The summed E-state index contributed by atoms with van der Waals surface area (Å²) in [5, 5.41) is 3.10. The quantitative estimate of drug-likeness (QED) is 0.850. The fraction of sp³-hybridized carbons (Fsp3) is 0.474. The monoisotopic (exact) mass is 344 g/mol. The predicted molar refractivity (Wildman–Crippen MR) is 97.2 cm³/mol. The maximum Gasteiger partial charge on any atom is 0.408 e. The number of thiazole rings is 1. The summed E-state index contributed by atoms with van der Waals surface area (Å²) in [4.78, 5) is 17.7. The Morgan fingerprint density at radius 2 is 1.92 bits per heavy atom. The molecule has 0 spiro atoms. The highest BCUT2D eigenvalue weighted by atomic mass is 32.1. The molecule has 3 rings (SSSR count). The third kappa shape index (κ3) is 3.46. The Morgan fingerprint density at radius 3 is 2.38 bits per heavy atom. The number of aryl methyl sites for hydroxylation is 1.